The molecule has 1 aromatic carbocycles. The van der Waals surface area contributed by atoms with E-state index >= 15 is 0 Å². The van der Waals surface area contributed by atoms with Crippen molar-refractivity contribution in [3.63, 3.8) is 0 Å². The SMILES string of the molecule is CCCCC[C@H]1CC[C@H](c2ccc(C/C=C/F)c(F)c2)CC1. The highest BCUT2D eigenvalue weighted by Crippen LogP contribution is 2.38. The lowest BCUT2D eigenvalue weighted by atomic mass is 9.77. The number of benzene rings is 1. The summed E-state index contributed by atoms with van der Waals surface area (Å²) in [5.74, 6) is 1.19. The third-order valence-electron chi connectivity index (χ3n) is 5.04. The minimum absolute atomic E-state index is 0.194. The van der Waals surface area contributed by atoms with Crippen LogP contribution in [-0.2, 0) is 6.42 Å². The lowest BCUT2D eigenvalue weighted by Crippen LogP contribution is -2.13. The lowest BCUT2D eigenvalue weighted by Gasteiger charge is -2.29. The van der Waals surface area contributed by atoms with Crippen molar-refractivity contribution < 1.29 is 8.78 Å². The predicted molar refractivity (Wildman–Crippen MR) is 89.2 cm³/mol. The third-order valence-corrected chi connectivity index (χ3v) is 5.04. The van der Waals surface area contributed by atoms with Gasteiger partial charge in [0.05, 0.1) is 6.33 Å². The minimum Gasteiger partial charge on any atom is -0.216 e. The highest BCUT2D eigenvalue weighted by atomic mass is 19.1. The van der Waals surface area contributed by atoms with Crippen molar-refractivity contribution in [1.82, 2.24) is 0 Å². The van der Waals surface area contributed by atoms with Crippen molar-refractivity contribution in [3.8, 4) is 0 Å². The molecular weight excluding hydrogens is 278 g/mol. The van der Waals surface area contributed by atoms with Gasteiger partial charge in [-0.2, -0.15) is 0 Å². The molecule has 2 rings (SSSR count). The van der Waals surface area contributed by atoms with Crippen LogP contribution in [0.4, 0.5) is 8.78 Å². The van der Waals surface area contributed by atoms with Crippen molar-refractivity contribution in [2.75, 3.05) is 0 Å². The number of hydrogen-bond acceptors (Lipinski definition) is 0. The van der Waals surface area contributed by atoms with Crippen LogP contribution in [0.15, 0.2) is 30.6 Å². The number of hydrogen-bond donors (Lipinski definition) is 0. The molecule has 2 heteroatoms. The molecule has 0 atom stereocenters. The van der Waals surface area contributed by atoms with E-state index in [-0.39, 0.29) is 5.82 Å². The first-order valence-electron chi connectivity index (χ1n) is 8.78. The molecule has 1 aromatic rings. The molecule has 0 aliphatic heterocycles. The van der Waals surface area contributed by atoms with Crippen molar-refractivity contribution in [2.24, 2.45) is 5.92 Å². The zero-order valence-electron chi connectivity index (χ0n) is 13.7. The Kier molecular flexibility index (Phi) is 7.08. The van der Waals surface area contributed by atoms with Gasteiger partial charge in [-0.1, -0.05) is 50.8 Å². The van der Waals surface area contributed by atoms with Gasteiger partial charge in [0.2, 0.25) is 0 Å². The van der Waals surface area contributed by atoms with E-state index in [1.165, 1.54) is 57.4 Å². The number of halogens is 2. The van der Waals surface area contributed by atoms with E-state index < -0.39 is 0 Å². The maximum Gasteiger partial charge on any atom is 0.126 e. The minimum atomic E-state index is -0.194. The Hall–Kier alpha value is -1.18. The summed E-state index contributed by atoms with van der Waals surface area (Å²) < 4.78 is 26.1. The van der Waals surface area contributed by atoms with Gasteiger partial charge in [0.1, 0.15) is 5.82 Å². The fraction of sp³-hybridized carbons (Fsp3) is 0.600. The van der Waals surface area contributed by atoms with Crippen LogP contribution in [-0.4, -0.2) is 0 Å². The Bertz CT molecular complexity index is 471. The summed E-state index contributed by atoms with van der Waals surface area (Å²) in [5.41, 5.74) is 1.70. The predicted octanol–water partition coefficient (Wildman–Crippen LogP) is 6.71. The van der Waals surface area contributed by atoms with Crippen molar-refractivity contribution in [1.29, 1.82) is 0 Å². The molecule has 122 valence electrons. The maximum absolute atomic E-state index is 14.1. The second-order valence-corrected chi connectivity index (χ2v) is 6.63. The number of rotatable bonds is 7. The van der Waals surface area contributed by atoms with Crippen LogP contribution in [0.5, 0.6) is 0 Å². The lowest BCUT2D eigenvalue weighted by molar-refractivity contribution is 0.302. The van der Waals surface area contributed by atoms with E-state index in [0.29, 0.717) is 24.2 Å². The van der Waals surface area contributed by atoms with Gasteiger partial charge in [-0.25, -0.2) is 8.78 Å². The Morgan fingerprint density at radius 2 is 1.91 bits per heavy atom. The highest BCUT2D eigenvalue weighted by molar-refractivity contribution is 5.28. The first-order valence-corrected chi connectivity index (χ1v) is 8.78. The molecule has 22 heavy (non-hydrogen) atoms. The van der Waals surface area contributed by atoms with E-state index in [0.717, 1.165) is 11.5 Å². The molecular formula is C20H28F2. The van der Waals surface area contributed by atoms with Gasteiger partial charge < -0.3 is 0 Å². The van der Waals surface area contributed by atoms with E-state index in [9.17, 15) is 8.78 Å². The van der Waals surface area contributed by atoms with Crippen LogP contribution in [0.2, 0.25) is 0 Å². The zero-order valence-corrected chi connectivity index (χ0v) is 13.7. The topological polar surface area (TPSA) is 0 Å². The standard InChI is InChI=1S/C20H28F2/c1-2-3-4-6-16-8-10-17(11-9-16)19-13-12-18(7-5-14-21)20(22)15-19/h5,12-17H,2-4,6-11H2,1H3/b14-5+/t16-,17-. The molecule has 1 fully saturated rings. The molecule has 0 amide bonds. The van der Waals surface area contributed by atoms with Crippen LogP contribution in [0, 0.1) is 11.7 Å². The molecule has 0 saturated heterocycles. The highest BCUT2D eigenvalue weighted by Gasteiger charge is 2.22. The fourth-order valence-corrected chi connectivity index (χ4v) is 3.62. The monoisotopic (exact) mass is 306 g/mol. The largest absolute Gasteiger partial charge is 0.216 e. The molecule has 0 spiro atoms. The summed E-state index contributed by atoms with van der Waals surface area (Å²) in [7, 11) is 0. The third kappa shape index (κ3) is 4.93. The van der Waals surface area contributed by atoms with Gasteiger partial charge in [0.15, 0.2) is 0 Å². The molecule has 0 heterocycles. The average Bonchev–Trinajstić information content (AvgIpc) is 2.54. The molecule has 0 bridgehead atoms. The Morgan fingerprint density at radius 1 is 1.14 bits per heavy atom. The van der Waals surface area contributed by atoms with Crippen molar-refractivity contribution in [2.45, 2.75) is 70.6 Å². The fourth-order valence-electron chi connectivity index (χ4n) is 3.62. The van der Waals surface area contributed by atoms with Gasteiger partial charge >= 0.3 is 0 Å². The second kappa shape index (κ2) is 9.07. The smallest absolute Gasteiger partial charge is 0.126 e. The molecule has 0 radical (unpaired) electrons. The quantitative estimate of drug-likeness (QED) is 0.491. The summed E-state index contributed by atoms with van der Waals surface area (Å²) in [6.45, 7) is 2.25. The van der Waals surface area contributed by atoms with E-state index in [2.05, 4.69) is 6.92 Å². The van der Waals surface area contributed by atoms with Crippen molar-refractivity contribution >= 4 is 0 Å². The molecule has 0 unspecified atom stereocenters. The van der Waals surface area contributed by atoms with Crippen LogP contribution in [0.3, 0.4) is 0 Å². The summed E-state index contributed by atoms with van der Waals surface area (Å²) in [4.78, 5) is 0. The molecule has 1 saturated carbocycles. The molecule has 1 aliphatic rings. The molecule has 0 aromatic heterocycles. The van der Waals surface area contributed by atoms with Gasteiger partial charge in [-0.05, 0) is 61.1 Å². The Balaban J connectivity index is 1.87. The van der Waals surface area contributed by atoms with Crippen LogP contribution < -0.4 is 0 Å². The van der Waals surface area contributed by atoms with E-state index in [1.54, 1.807) is 6.07 Å². The second-order valence-electron chi connectivity index (χ2n) is 6.63. The van der Waals surface area contributed by atoms with Crippen LogP contribution >= 0.6 is 0 Å². The zero-order chi connectivity index (χ0) is 15.8. The van der Waals surface area contributed by atoms with Crippen molar-refractivity contribution in [3.05, 3.63) is 47.5 Å². The Morgan fingerprint density at radius 3 is 2.55 bits per heavy atom. The van der Waals surface area contributed by atoms with Gasteiger partial charge in [-0.15, -0.1) is 0 Å². The summed E-state index contributed by atoms with van der Waals surface area (Å²) in [6.07, 6.45) is 12.4. The van der Waals surface area contributed by atoms with Gasteiger partial charge in [-0.3, -0.25) is 0 Å². The van der Waals surface area contributed by atoms with E-state index in [4.69, 9.17) is 0 Å². The number of allylic oxidation sites excluding steroid dienone is 1. The molecule has 1 aliphatic carbocycles. The molecule has 0 nitrogen and oxygen atoms in total. The summed E-state index contributed by atoms with van der Waals surface area (Å²) in [5, 5.41) is 0. The van der Waals surface area contributed by atoms with Gasteiger partial charge in [0.25, 0.3) is 0 Å². The first kappa shape index (κ1) is 17.2. The van der Waals surface area contributed by atoms with Gasteiger partial charge in [0, 0.05) is 0 Å². The summed E-state index contributed by atoms with van der Waals surface area (Å²) >= 11 is 0. The number of unbranched alkanes of at least 4 members (excludes halogenated alkanes) is 2. The Labute approximate surface area is 133 Å². The van der Waals surface area contributed by atoms with E-state index in [1.807, 2.05) is 12.1 Å². The summed E-state index contributed by atoms with van der Waals surface area (Å²) in [6, 6.07) is 5.52. The average molecular weight is 306 g/mol. The maximum atomic E-state index is 14.1. The molecule has 0 N–H and O–H groups in total. The van der Waals surface area contributed by atoms with Crippen LogP contribution in [0.1, 0.15) is 75.3 Å². The first-order chi connectivity index (χ1) is 10.7. The van der Waals surface area contributed by atoms with Crippen LogP contribution in [0.25, 0.3) is 0 Å². The normalized spacial score (nSPS) is 22.3.